The summed E-state index contributed by atoms with van der Waals surface area (Å²) in [5, 5.41) is 0.454. The summed E-state index contributed by atoms with van der Waals surface area (Å²) >= 11 is 0. The lowest BCUT2D eigenvalue weighted by Gasteiger charge is -2.25. The van der Waals surface area contributed by atoms with Crippen molar-refractivity contribution in [2.75, 3.05) is 4.90 Å². The zero-order valence-electron chi connectivity index (χ0n) is 18.1. The maximum atomic E-state index is 13.7. The summed E-state index contributed by atoms with van der Waals surface area (Å²) in [6, 6.07) is 16.5. The summed E-state index contributed by atoms with van der Waals surface area (Å²) in [6.45, 7) is 5.95. The van der Waals surface area contributed by atoms with Crippen LogP contribution in [-0.2, 0) is 6.42 Å². The smallest absolute Gasteiger partial charge is 0.295 e. The molecule has 3 aromatic carbocycles. The van der Waals surface area contributed by atoms with Crippen molar-refractivity contribution in [1.82, 2.24) is 0 Å². The summed E-state index contributed by atoms with van der Waals surface area (Å²) in [5.74, 6) is -0.763. The van der Waals surface area contributed by atoms with E-state index in [1.54, 1.807) is 18.2 Å². The maximum absolute atomic E-state index is 13.7. The van der Waals surface area contributed by atoms with Crippen LogP contribution >= 0.6 is 0 Å². The van der Waals surface area contributed by atoms with Crippen LogP contribution in [0.4, 0.5) is 10.1 Å². The first kappa shape index (κ1) is 20.2. The van der Waals surface area contributed by atoms with Crippen LogP contribution in [0.2, 0.25) is 0 Å². The van der Waals surface area contributed by atoms with E-state index in [4.69, 9.17) is 4.42 Å². The second-order valence-electron chi connectivity index (χ2n) is 8.26. The summed E-state index contributed by atoms with van der Waals surface area (Å²) in [6.07, 6.45) is 0.882. The van der Waals surface area contributed by atoms with E-state index in [0.29, 0.717) is 22.2 Å². The number of carbonyl (C=O) groups is 1. The fraction of sp³-hybridized carbons (Fsp3) is 0.185. The van der Waals surface area contributed by atoms with Crippen LogP contribution in [0.5, 0.6) is 0 Å². The van der Waals surface area contributed by atoms with E-state index in [0.717, 1.165) is 28.7 Å². The van der Waals surface area contributed by atoms with Gasteiger partial charge in [0, 0.05) is 5.69 Å². The highest BCUT2D eigenvalue weighted by Crippen LogP contribution is 2.41. The number of aryl methyl sites for hydroxylation is 3. The number of amides is 1. The maximum Gasteiger partial charge on any atom is 0.295 e. The number of halogens is 1. The lowest BCUT2D eigenvalue weighted by molar-refractivity contribution is 0.0971. The standard InChI is InChI=1S/C27H22FNO3/c1-4-17-5-7-18(8-6-17)24-23-25(30)21-13-15(2)16(3)14-22(21)32-26(23)27(31)29(24)20-11-9-19(28)10-12-20/h5-14,24H,4H2,1-3H3. The molecule has 0 spiro atoms. The lowest BCUT2D eigenvalue weighted by Crippen LogP contribution is -2.29. The fourth-order valence-electron chi connectivity index (χ4n) is 4.35. The molecular weight excluding hydrogens is 405 g/mol. The van der Waals surface area contributed by atoms with Crippen LogP contribution in [0, 0.1) is 19.7 Å². The minimum absolute atomic E-state index is 0.0413. The molecule has 1 amide bonds. The second-order valence-corrected chi connectivity index (χ2v) is 8.26. The Morgan fingerprint density at radius 2 is 1.59 bits per heavy atom. The number of fused-ring (bicyclic) bond motifs is 2. The first-order chi connectivity index (χ1) is 15.4. The Bertz CT molecular complexity index is 1420. The molecule has 0 N–H and O–H groups in total. The van der Waals surface area contributed by atoms with Gasteiger partial charge in [0.1, 0.15) is 11.4 Å². The van der Waals surface area contributed by atoms with Crippen molar-refractivity contribution in [3.05, 3.63) is 110 Å². The normalized spacial score (nSPS) is 15.4. The quantitative estimate of drug-likeness (QED) is 0.411. The van der Waals surface area contributed by atoms with Gasteiger partial charge in [0.05, 0.1) is 17.0 Å². The molecule has 0 fully saturated rings. The molecular formula is C27H22FNO3. The first-order valence-electron chi connectivity index (χ1n) is 10.6. The Morgan fingerprint density at radius 1 is 0.938 bits per heavy atom. The second kappa shape index (κ2) is 7.45. The van der Waals surface area contributed by atoms with Gasteiger partial charge in [-0.25, -0.2) is 4.39 Å². The molecule has 0 aliphatic carbocycles. The number of hydrogen-bond acceptors (Lipinski definition) is 3. The number of carbonyl (C=O) groups excluding carboxylic acids is 1. The monoisotopic (exact) mass is 427 g/mol. The summed E-state index contributed by atoms with van der Waals surface area (Å²) in [4.78, 5) is 28.7. The van der Waals surface area contributed by atoms with E-state index < -0.39 is 17.8 Å². The molecule has 32 heavy (non-hydrogen) atoms. The zero-order chi connectivity index (χ0) is 22.6. The van der Waals surface area contributed by atoms with Crippen LogP contribution in [0.3, 0.4) is 0 Å². The Labute approximate surface area is 184 Å². The zero-order valence-corrected chi connectivity index (χ0v) is 18.1. The van der Waals surface area contributed by atoms with Crippen LogP contribution in [0.1, 0.15) is 51.3 Å². The molecule has 0 saturated carbocycles. The number of anilines is 1. The Balaban J connectivity index is 1.80. The molecule has 1 atom stereocenters. The molecule has 1 unspecified atom stereocenters. The van der Waals surface area contributed by atoms with Crippen molar-refractivity contribution in [3.8, 4) is 0 Å². The third-order valence-electron chi connectivity index (χ3n) is 6.29. The third kappa shape index (κ3) is 3.04. The number of nitrogens with zero attached hydrogens (tertiary/aromatic N) is 1. The molecule has 5 rings (SSSR count). The van der Waals surface area contributed by atoms with Gasteiger partial charge in [-0.3, -0.25) is 14.5 Å². The minimum Gasteiger partial charge on any atom is -0.450 e. The molecule has 1 aliphatic rings. The summed E-state index contributed by atoms with van der Waals surface area (Å²) in [5.41, 5.74) is 4.92. The predicted molar refractivity (Wildman–Crippen MR) is 123 cm³/mol. The fourth-order valence-corrected chi connectivity index (χ4v) is 4.35. The van der Waals surface area contributed by atoms with Gasteiger partial charge in [0.25, 0.3) is 5.91 Å². The average Bonchev–Trinajstić information content (AvgIpc) is 3.08. The van der Waals surface area contributed by atoms with Gasteiger partial charge in [0.15, 0.2) is 5.43 Å². The Kier molecular flexibility index (Phi) is 4.70. The highest BCUT2D eigenvalue weighted by Gasteiger charge is 2.43. The van der Waals surface area contributed by atoms with Gasteiger partial charge >= 0.3 is 0 Å². The van der Waals surface area contributed by atoms with E-state index in [9.17, 15) is 14.0 Å². The lowest BCUT2D eigenvalue weighted by atomic mass is 9.96. The van der Waals surface area contributed by atoms with Gasteiger partial charge < -0.3 is 4.42 Å². The van der Waals surface area contributed by atoms with E-state index >= 15 is 0 Å². The Morgan fingerprint density at radius 3 is 2.25 bits per heavy atom. The highest BCUT2D eigenvalue weighted by molar-refractivity contribution is 6.10. The van der Waals surface area contributed by atoms with Crippen molar-refractivity contribution in [3.63, 3.8) is 0 Å². The largest absolute Gasteiger partial charge is 0.450 e. The van der Waals surface area contributed by atoms with Gasteiger partial charge in [-0.05, 0) is 78.9 Å². The predicted octanol–water partition coefficient (Wildman–Crippen LogP) is 5.86. The van der Waals surface area contributed by atoms with E-state index in [2.05, 4.69) is 6.92 Å². The van der Waals surface area contributed by atoms with Gasteiger partial charge in [0.2, 0.25) is 5.76 Å². The molecule has 4 nitrogen and oxygen atoms in total. The molecule has 4 aromatic rings. The topological polar surface area (TPSA) is 50.5 Å². The molecule has 160 valence electrons. The molecule has 1 aliphatic heterocycles. The molecule has 0 saturated heterocycles. The van der Waals surface area contributed by atoms with Crippen LogP contribution in [0.25, 0.3) is 11.0 Å². The molecule has 2 heterocycles. The van der Waals surface area contributed by atoms with Crippen LogP contribution in [-0.4, -0.2) is 5.91 Å². The van der Waals surface area contributed by atoms with Crippen molar-refractivity contribution in [1.29, 1.82) is 0 Å². The third-order valence-corrected chi connectivity index (χ3v) is 6.29. The van der Waals surface area contributed by atoms with Crippen molar-refractivity contribution >= 4 is 22.6 Å². The van der Waals surface area contributed by atoms with E-state index in [-0.39, 0.29) is 11.2 Å². The molecule has 0 radical (unpaired) electrons. The highest BCUT2D eigenvalue weighted by atomic mass is 19.1. The molecule has 0 bridgehead atoms. The van der Waals surface area contributed by atoms with Crippen molar-refractivity contribution in [2.24, 2.45) is 0 Å². The summed E-state index contributed by atoms with van der Waals surface area (Å²) < 4.78 is 19.6. The molecule has 1 aromatic heterocycles. The van der Waals surface area contributed by atoms with Crippen molar-refractivity contribution < 1.29 is 13.6 Å². The average molecular weight is 427 g/mol. The van der Waals surface area contributed by atoms with Gasteiger partial charge in [-0.1, -0.05) is 31.2 Å². The van der Waals surface area contributed by atoms with Crippen LogP contribution in [0.15, 0.2) is 69.9 Å². The number of rotatable bonds is 3. The minimum atomic E-state index is -0.656. The van der Waals surface area contributed by atoms with Gasteiger partial charge in [-0.15, -0.1) is 0 Å². The van der Waals surface area contributed by atoms with Crippen LogP contribution < -0.4 is 10.3 Å². The first-order valence-corrected chi connectivity index (χ1v) is 10.6. The van der Waals surface area contributed by atoms with E-state index in [1.807, 2.05) is 44.2 Å². The van der Waals surface area contributed by atoms with Crippen molar-refractivity contribution in [2.45, 2.75) is 33.2 Å². The Hall–Kier alpha value is -3.73. The van der Waals surface area contributed by atoms with Gasteiger partial charge in [-0.2, -0.15) is 0 Å². The number of hydrogen-bond donors (Lipinski definition) is 0. The summed E-state index contributed by atoms with van der Waals surface area (Å²) in [7, 11) is 0. The number of benzene rings is 3. The SMILES string of the molecule is CCc1ccc(C2c3c(oc4cc(C)c(C)cc4c3=O)C(=O)N2c2ccc(F)cc2)cc1. The molecule has 5 heteroatoms. The van der Waals surface area contributed by atoms with E-state index in [1.165, 1.54) is 17.0 Å².